The van der Waals surface area contributed by atoms with Gasteiger partial charge in [0.05, 0.1) is 13.5 Å². The van der Waals surface area contributed by atoms with Crippen LogP contribution in [0.5, 0.6) is 0 Å². The van der Waals surface area contributed by atoms with E-state index in [1.54, 1.807) is 30.3 Å². The SMILES string of the molecule is COC(=O)C(CC(=O)O)(NC(=O)OCc1ccccc1)C(F)(F)F. The van der Waals surface area contributed by atoms with Crippen LogP contribution in [-0.2, 0) is 25.7 Å². The summed E-state index contributed by atoms with van der Waals surface area (Å²) in [7, 11) is 0.641. The normalized spacial score (nSPS) is 13.5. The third-order valence-electron chi connectivity index (χ3n) is 2.96. The van der Waals surface area contributed by atoms with E-state index in [-0.39, 0.29) is 6.61 Å². The van der Waals surface area contributed by atoms with Crippen molar-refractivity contribution in [2.75, 3.05) is 7.11 Å². The molecule has 0 aliphatic heterocycles. The van der Waals surface area contributed by atoms with E-state index >= 15 is 0 Å². The molecule has 0 aromatic heterocycles. The molecule has 0 aliphatic rings. The summed E-state index contributed by atoms with van der Waals surface area (Å²) in [5, 5.41) is 9.96. The lowest BCUT2D eigenvalue weighted by atomic mass is 9.94. The van der Waals surface area contributed by atoms with Gasteiger partial charge in [-0.25, -0.2) is 9.59 Å². The summed E-state index contributed by atoms with van der Waals surface area (Å²) < 4.78 is 48.4. The molecular weight excluding hydrogens is 335 g/mol. The van der Waals surface area contributed by atoms with Crippen LogP contribution in [0.4, 0.5) is 18.0 Å². The number of rotatable bonds is 6. The van der Waals surface area contributed by atoms with Crippen molar-refractivity contribution < 1.29 is 42.1 Å². The summed E-state index contributed by atoms with van der Waals surface area (Å²) in [4.78, 5) is 33.9. The van der Waals surface area contributed by atoms with Gasteiger partial charge >= 0.3 is 24.2 Å². The molecule has 1 aromatic rings. The average molecular weight is 349 g/mol. The summed E-state index contributed by atoms with van der Waals surface area (Å²) in [6.07, 6.45) is -8.77. The second-order valence-electron chi connectivity index (χ2n) is 4.65. The number of aliphatic carboxylic acids is 1. The van der Waals surface area contributed by atoms with Crippen LogP contribution in [0.25, 0.3) is 0 Å². The maximum atomic E-state index is 13.3. The molecule has 0 radical (unpaired) electrons. The molecule has 0 heterocycles. The van der Waals surface area contributed by atoms with Crippen molar-refractivity contribution in [3.63, 3.8) is 0 Å². The van der Waals surface area contributed by atoms with E-state index < -0.39 is 36.2 Å². The molecule has 1 rings (SSSR count). The first kappa shape index (κ1) is 19.3. The smallest absolute Gasteiger partial charge is 0.423 e. The fourth-order valence-electron chi connectivity index (χ4n) is 1.79. The van der Waals surface area contributed by atoms with Crippen LogP contribution >= 0.6 is 0 Å². The number of nitrogens with one attached hydrogen (secondary N) is 1. The van der Waals surface area contributed by atoms with Crippen LogP contribution < -0.4 is 5.32 Å². The number of ether oxygens (including phenoxy) is 2. The van der Waals surface area contributed by atoms with Crippen molar-refractivity contribution in [2.45, 2.75) is 24.7 Å². The van der Waals surface area contributed by atoms with Gasteiger partial charge in [0.1, 0.15) is 6.61 Å². The second-order valence-corrected chi connectivity index (χ2v) is 4.65. The molecule has 0 bridgehead atoms. The van der Waals surface area contributed by atoms with Crippen molar-refractivity contribution in [1.29, 1.82) is 0 Å². The Bertz CT molecular complexity index is 604. The molecule has 0 saturated carbocycles. The minimum Gasteiger partial charge on any atom is -0.481 e. The molecule has 0 spiro atoms. The van der Waals surface area contributed by atoms with Gasteiger partial charge in [-0.2, -0.15) is 13.2 Å². The zero-order chi connectivity index (χ0) is 18.4. The summed E-state index contributed by atoms with van der Waals surface area (Å²) in [5.41, 5.74) is -3.26. The number of halogens is 3. The van der Waals surface area contributed by atoms with E-state index in [2.05, 4.69) is 9.47 Å². The highest BCUT2D eigenvalue weighted by atomic mass is 19.4. The van der Waals surface area contributed by atoms with E-state index in [9.17, 15) is 27.6 Å². The van der Waals surface area contributed by atoms with Crippen LogP contribution in [0, 0.1) is 0 Å². The average Bonchev–Trinajstić information content (AvgIpc) is 2.50. The molecular formula is C14H14F3NO6. The topological polar surface area (TPSA) is 102 Å². The predicted octanol–water partition coefficient (Wildman–Crippen LogP) is 1.86. The Balaban J connectivity index is 2.96. The molecule has 1 unspecified atom stereocenters. The highest BCUT2D eigenvalue weighted by molar-refractivity contribution is 5.91. The lowest BCUT2D eigenvalue weighted by Crippen LogP contribution is -2.65. The summed E-state index contributed by atoms with van der Waals surface area (Å²) in [6.45, 7) is -0.366. The van der Waals surface area contributed by atoms with Crippen molar-refractivity contribution in [1.82, 2.24) is 5.32 Å². The fraction of sp³-hybridized carbons (Fsp3) is 0.357. The minimum absolute atomic E-state index is 0.366. The van der Waals surface area contributed by atoms with Gasteiger partial charge in [0.2, 0.25) is 5.54 Å². The van der Waals surface area contributed by atoms with Crippen LogP contribution in [0.3, 0.4) is 0 Å². The number of esters is 1. The van der Waals surface area contributed by atoms with Crippen molar-refractivity contribution in [3.05, 3.63) is 35.9 Å². The first-order valence-corrected chi connectivity index (χ1v) is 6.48. The monoisotopic (exact) mass is 349 g/mol. The summed E-state index contributed by atoms with van der Waals surface area (Å²) in [5.74, 6) is -3.92. The van der Waals surface area contributed by atoms with E-state index in [1.807, 2.05) is 0 Å². The highest BCUT2D eigenvalue weighted by Gasteiger charge is 2.64. The van der Waals surface area contributed by atoms with E-state index in [4.69, 9.17) is 5.11 Å². The number of carboxylic acid groups (broad SMARTS) is 1. The molecule has 10 heteroatoms. The van der Waals surface area contributed by atoms with Crippen molar-refractivity contribution >= 4 is 18.0 Å². The van der Waals surface area contributed by atoms with E-state index in [0.717, 1.165) is 0 Å². The molecule has 24 heavy (non-hydrogen) atoms. The fourth-order valence-corrected chi connectivity index (χ4v) is 1.79. The maximum absolute atomic E-state index is 13.3. The Kier molecular flexibility index (Phi) is 6.15. The summed E-state index contributed by atoms with van der Waals surface area (Å²) in [6, 6.07) is 8.04. The number of carbonyl (C=O) groups excluding carboxylic acids is 2. The third-order valence-corrected chi connectivity index (χ3v) is 2.96. The Morgan fingerprint density at radius 2 is 1.75 bits per heavy atom. The van der Waals surface area contributed by atoms with Gasteiger partial charge in [-0.1, -0.05) is 30.3 Å². The molecule has 0 saturated heterocycles. The zero-order valence-electron chi connectivity index (χ0n) is 12.4. The first-order valence-electron chi connectivity index (χ1n) is 6.48. The van der Waals surface area contributed by atoms with Crippen LogP contribution in [0.15, 0.2) is 30.3 Å². The maximum Gasteiger partial charge on any atom is 0.423 e. The Hall–Kier alpha value is -2.78. The molecule has 2 N–H and O–H groups in total. The quantitative estimate of drug-likeness (QED) is 0.760. The van der Waals surface area contributed by atoms with Crippen LogP contribution in [0.2, 0.25) is 0 Å². The Morgan fingerprint density at radius 3 is 2.21 bits per heavy atom. The number of amides is 1. The number of carboxylic acids is 1. The number of methoxy groups -OCH3 is 1. The standard InChI is InChI=1S/C14H14F3NO6/c1-23-11(21)13(7-10(19)20,14(15,16)17)18-12(22)24-8-9-5-3-2-4-6-9/h2-6H,7-8H2,1H3,(H,18,22)(H,19,20). The molecule has 1 atom stereocenters. The number of hydrogen-bond acceptors (Lipinski definition) is 5. The number of benzene rings is 1. The van der Waals surface area contributed by atoms with Gasteiger partial charge in [0.25, 0.3) is 0 Å². The highest BCUT2D eigenvalue weighted by Crippen LogP contribution is 2.34. The van der Waals surface area contributed by atoms with Gasteiger partial charge in [-0.05, 0) is 5.56 Å². The van der Waals surface area contributed by atoms with E-state index in [1.165, 1.54) is 5.32 Å². The van der Waals surface area contributed by atoms with Crippen LogP contribution in [0.1, 0.15) is 12.0 Å². The number of carbonyl (C=O) groups is 3. The zero-order valence-corrected chi connectivity index (χ0v) is 12.4. The first-order chi connectivity index (χ1) is 11.1. The number of hydrogen-bond donors (Lipinski definition) is 2. The van der Waals surface area contributed by atoms with Crippen LogP contribution in [-0.4, -0.2) is 42.0 Å². The lowest BCUT2D eigenvalue weighted by molar-refractivity contribution is -0.214. The predicted molar refractivity (Wildman–Crippen MR) is 72.8 cm³/mol. The largest absolute Gasteiger partial charge is 0.481 e. The van der Waals surface area contributed by atoms with Gasteiger partial charge in [-0.3, -0.25) is 10.1 Å². The number of alkyl halides is 3. The Labute approximate surface area is 134 Å². The van der Waals surface area contributed by atoms with Gasteiger partial charge < -0.3 is 14.6 Å². The summed E-state index contributed by atoms with van der Waals surface area (Å²) >= 11 is 0. The third kappa shape index (κ3) is 4.61. The molecule has 1 aromatic carbocycles. The molecule has 0 aliphatic carbocycles. The van der Waals surface area contributed by atoms with Crippen molar-refractivity contribution in [3.8, 4) is 0 Å². The van der Waals surface area contributed by atoms with Crippen molar-refractivity contribution in [2.24, 2.45) is 0 Å². The number of alkyl carbamates (subject to hydrolysis) is 1. The molecule has 1 amide bonds. The lowest BCUT2D eigenvalue weighted by Gasteiger charge is -2.31. The second kappa shape index (κ2) is 7.66. The van der Waals surface area contributed by atoms with Gasteiger partial charge in [-0.15, -0.1) is 0 Å². The van der Waals surface area contributed by atoms with E-state index in [0.29, 0.717) is 12.7 Å². The molecule has 7 nitrogen and oxygen atoms in total. The minimum atomic E-state index is -5.41. The molecule has 132 valence electrons. The Morgan fingerprint density at radius 1 is 1.17 bits per heavy atom. The van der Waals surface area contributed by atoms with Gasteiger partial charge in [0.15, 0.2) is 0 Å². The molecule has 0 fully saturated rings. The van der Waals surface area contributed by atoms with Gasteiger partial charge in [0, 0.05) is 0 Å².